The maximum atomic E-state index is 11.5. The predicted molar refractivity (Wildman–Crippen MR) is 61.1 cm³/mol. The van der Waals surface area contributed by atoms with Crippen molar-refractivity contribution < 1.29 is 28.9 Å². The molecule has 1 aliphatic heterocycles. The molecule has 0 aromatic rings. The van der Waals surface area contributed by atoms with E-state index in [9.17, 15) is 9.59 Å². The van der Waals surface area contributed by atoms with Crippen LogP contribution >= 0.6 is 0 Å². The van der Waals surface area contributed by atoms with Crippen molar-refractivity contribution in [2.45, 2.75) is 45.1 Å². The van der Waals surface area contributed by atoms with Gasteiger partial charge in [0.25, 0.3) is 0 Å². The summed E-state index contributed by atoms with van der Waals surface area (Å²) < 4.78 is 15.3. The van der Waals surface area contributed by atoms with Crippen LogP contribution in [0.1, 0.15) is 27.2 Å². The summed E-state index contributed by atoms with van der Waals surface area (Å²) in [7, 11) is 0. The topological polar surface area (TPSA) is 94.1 Å². The van der Waals surface area contributed by atoms with Crippen LogP contribution in [-0.2, 0) is 19.0 Å². The highest BCUT2D eigenvalue weighted by Crippen LogP contribution is 2.12. The third-order valence-electron chi connectivity index (χ3n) is 2.11. The molecule has 0 radical (unpaired) electrons. The van der Waals surface area contributed by atoms with Gasteiger partial charge in [0.2, 0.25) is 0 Å². The molecule has 1 unspecified atom stereocenters. The zero-order valence-electron chi connectivity index (χ0n) is 10.8. The zero-order chi connectivity index (χ0) is 13.8. The van der Waals surface area contributed by atoms with Crippen LogP contribution < -0.4 is 5.32 Å². The molecule has 0 bridgehead atoms. The van der Waals surface area contributed by atoms with Crippen LogP contribution in [0.25, 0.3) is 0 Å². The molecule has 1 heterocycles. The van der Waals surface area contributed by atoms with Gasteiger partial charge in [0.15, 0.2) is 6.29 Å². The Balaban J connectivity index is 2.46. The van der Waals surface area contributed by atoms with E-state index in [0.29, 0.717) is 13.2 Å². The molecule has 2 N–H and O–H groups in total. The molecule has 1 fully saturated rings. The van der Waals surface area contributed by atoms with E-state index in [4.69, 9.17) is 19.3 Å². The number of carbonyl (C=O) groups is 2. The van der Waals surface area contributed by atoms with Gasteiger partial charge in [-0.15, -0.1) is 0 Å². The van der Waals surface area contributed by atoms with Gasteiger partial charge in [-0.05, 0) is 20.8 Å². The molecule has 0 aromatic heterocycles. The van der Waals surface area contributed by atoms with Crippen molar-refractivity contribution in [3.05, 3.63) is 0 Å². The van der Waals surface area contributed by atoms with E-state index >= 15 is 0 Å². The highest BCUT2D eigenvalue weighted by molar-refractivity contribution is 5.80. The normalized spacial score (nSPS) is 18.4. The molecular formula is C11H19NO6. The molecule has 0 saturated carbocycles. The number of hydrogen-bond donors (Lipinski definition) is 2. The lowest BCUT2D eigenvalue weighted by Gasteiger charge is -2.22. The lowest BCUT2D eigenvalue weighted by atomic mass is 10.2. The molecule has 104 valence electrons. The minimum Gasteiger partial charge on any atom is -0.480 e. The van der Waals surface area contributed by atoms with Crippen LogP contribution in [0.4, 0.5) is 4.79 Å². The number of ether oxygens (including phenoxy) is 3. The summed E-state index contributed by atoms with van der Waals surface area (Å²) in [5.74, 6) is -1.15. The van der Waals surface area contributed by atoms with Gasteiger partial charge in [-0.25, -0.2) is 9.59 Å². The zero-order valence-corrected chi connectivity index (χ0v) is 10.8. The van der Waals surface area contributed by atoms with E-state index in [-0.39, 0.29) is 6.42 Å². The number of carboxylic acids is 1. The molecule has 18 heavy (non-hydrogen) atoms. The Labute approximate surface area is 105 Å². The summed E-state index contributed by atoms with van der Waals surface area (Å²) in [6, 6.07) is -1.09. The second kappa shape index (κ2) is 6.01. The molecule has 1 atom stereocenters. The van der Waals surface area contributed by atoms with Crippen molar-refractivity contribution in [1.29, 1.82) is 0 Å². The average Bonchev–Trinajstić information content (AvgIpc) is 2.66. The third-order valence-corrected chi connectivity index (χ3v) is 2.11. The summed E-state index contributed by atoms with van der Waals surface area (Å²) in [6.07, 6.45) is -1.32. The number of carboxylic acid groups (broad SMARTS) is 1. The number of carbonyl (C=O) groups excluding carboxylic acids is 1. The first-order valence-electron chi connectivity index (χ1n) is 5.73. The molecule has 0 aliphatic carbocycles. The maximum absolute atomic E-state index is 11.5. The molecule has 7 heteroatoms. The SMILES string of the molecule is CC(C)(C)OC(=O)NC(CC1OCCO1)C(=O)O. The van der Waals surface area contributed by atoms with E-state index in [1.54, 1.807) is 20.8 Å². The van der Waals surface area contributed by atoms with Gasteiger partial charge in [0.05, 0.1) is 13.2 Å². The molecular weight excluding hydrogens is 242 g/mol. The van der Waals surface area contributed by atoms with Gasteiger partial charge >= 0.3 is 12.1 Å². The van der Waals surface area contributed by atoms with Crippen molar-refractivity contribution in [2.75, 3.05) is 13.2 Å². The maximum Gasteiger partial charge on any atom is 0.408 e. The molecule has 0 spiro atoms. The van der Waals surface area contributed by atoms with Crippen molar-refractivity contribution in [3.8, 4) is 0 Å². The number of alkyl carbamates (subject to hydrolysis) is 1. The second-order valence-corrected chi connectivity index (χ2v) is 4.94. The van der Waals surface area contributed by atoms with Crippen LogP contribution in [-0.4, -0.2) is 48.3 Å². The minimum absolute atomic E-state index is 0.0502. The lowest BCUT2D eigenvalue weighted by Crippen LogP contribution is -2.45. The third kappa shape index (κ3) is 5.33. The average molecular weight is 261 g/mol. The van der Waals surface area contributed by atoms with Crippen molar-refractivity contribution in [1.82, 2.24) is 5.32 Å². The Morgan fingerprint density at radius 3 is 2.39 bits per heavy atom. The van der Waals surface area contributed by atoms with Crippen molar-refractivity contribution >= 4 is 12.1 Å². The summed E-state index contributed by atoms with van der Waals surface area (Å²) in [6.45, 7) is 5.97. The smallest absolute Gasteiger partial charge is 0.408 e. The lowest BCUT2D eigenvalue weighted by molar-refractivity contribution is -0.142. The highest BCUT2D eigenvalue weighted by atomic mass is 16.7. The minimum atomic E-state index is -1.15. The van der Waals surface area contributed by atoms with E-state index in [1.165, 1.54) is 0 Å². The fourth-order valence-electron chi connectivity index (χ4n) is 1.41. The monoisotopic (exact) mass is 261 g/mol. The van der Waals surface area contributed by atoms with Gasteiger partial charge < -0.3 is 24.6 Å². The Kier molecular flexibility index (Phi) is 4.92. The van der Waals surface area contributed by atoms with Gasteiger partial charge in [0, 0.05) is 6.42 Å². The van der Waals surface area contributed by atoms with Crippen LogP contribution in [0.2, 0.25) is 0 Å². The molecule has 1 saturated heterocycles. The van der Waals surface area contributed by atoms with Crippen LogP contribution in [0.3, 0.4) is 0 Å². The first-order chi connectivity index (χ1) is 8.28. The Hall–Kier alpha value is -1.34. The summed E-state index contributed by atoms with van der Waals surface area (Å²) in [5.41, 5.74) is -0.673. The van der Waals surface area contributed by atoms with Gasteiger partial charge in [-0.1, -0.05) is 0 Å². The molecule has 1 aliphatic rings. The first kappa shape index (κ1) is 14.7. The van der Waals surface area contributed by atoms with Crippen LogP contribution in [0, 0.1) is 0 Å². The molecule has 1 amide bonds. The standard InChI is InChI=1S/C11H19NO6/c1-11(2,3)18-10(15)12-7(9(13)14)6-8-16-4-5-17-8/h7-8H,4-6H2,1-3H3,(H,12,15)(H,13,14). The summed E-state index contributed by atoms with van der Waals surface area (Å²) in [5, 5.41) is 11.3. The fourth-order valence-corrected chi connectivity index (χ4v) is 1.41. The van der Waals surface area contributed by atoms with Crippen molar-refractivity contribution in [3.63, 3.8) is 0 Å². The predicted octanol–water partition coefficient (Wildman–Crippen LogP) is 0.727. The number of nitrogens with one attached hydrogen (secondary N) is 1. The Morgan fingerprint density at radius 1 is 1.39 bits per heavy atom. The Bertz CT molecular complexity index is 305. The number of hydrogen-bond acceptors (Lipinski definition) is 5. The van der Waals surface area contributed by atoms with E-state index in [1.807, 2.05) is 0 Å². The molecule has 1 rings (SSSR count). The van der Waals surface area contributed by atoms with Crippen molar-refractivity contribution in [2.24, 2.45) is 0 Å². The quantitative estimate of drug-likeness (QED) is 0.774. The highest BCUT2D eigenvalue weighted by Gasteiger charge is 2.29. The fraction of sp³-hybridized carbons (Fsp3) is 0.818. The van der Waals surface area contributed by atoms with E-state index in [2.05, 4.69) is 5.32 Å². The van der Waals surface area contributed by atoms with Gasteiger partial charge in [-0.2, -0.15) is 0 Å². The number of amides is 1. The largest absolute Gasteiger partial charge is 0.480 e. The van der Waals surface area contributed by atoms with Gasteiger partial charge in [0.1, 0.15) is 11.6 Å². The van der Waals surface area contributed by atoms with Gasteiger partial charge in [-0.3, -0.25) is 0 Å². The van der Waals surface area contributed by atoms with E-state index in [0.717, 1.165) is 0 Å². The molecule has 7 nitrogen and oxygen atoms in total. The van der Waals surface area contributed by atoms with Crippen LogP contribution in [0.15, 0.2) is 0 Å². The van der Waals surface area contributed by atoms with Crippen LogP contribution in [0.5, 0.6) is 0 Å². The first-order valence-corrected chi connectivity index (χ1v) is 5.73. The number of aliphatic carboxylic acids is 1. The Morgan fingerprint density at radius 2 is 1.94 bits per heavy atom. The summed E-state index contributed by atoms with van der Waals surface area (Å²) in [4.78, 5) is 22.5. The number of rotatable bonds is 4. The van der Waals surface area contributed by atoms with E-state index < -0.39 is 30.0 Å². The summed E-state index contributed by atoms with van der Waals surface area (Å²) >= 11 is 0. The molecule has 0 aromatic carbocycles. The second-order valence-electron chi connectivity index (χ2n) is 4.94.